The molecule has 0 fully saturated rings. The smallest absolute Gasteiger partial charge is 0.228 e. The lowest BCUT2D eigenvalue weighted by Gasteiger charge is -2.32. The summed E-state index contributed by atoms with van der Waals surface area (Å²) in [5, 5.41) is 3.39. The number of nitrogens with two attached hydrogens (primary N) is 1. The molecule has 1 aliphatic heterocycles. The van der Waals surface area contributed by atoms with Crippen LogP contribution in [0.3, 0.4) is 0 Å². The summed E-state index contributed by atoms with van der Waals surface area (Å²) in [6.07, 6.45) is 0.864. The molecule has 28 heavy (non-hydrogen) atoms. The van der Waals surface area contributed by atoms with Crippen LogP contribution in [0.25, 0.3) is 10.2 Å². The number of aromatic nitrogens is 2. The van der Waals surface area contributed by atoms with E-state index >= 15 is 0 Å². The van der Waals surface area contributed by atoms with E-state index in [1.807, 2.05) is 23.1 Å². The van der Waals surface area contributed by atoms with Gasteiger partial charge in [0.2, 0.25) is 5.95 Å². The van der Waals surface area contributed by atoms with Gasteiger partial charge in [-0.3, -0.25) is 9.11 Å². The van der Waals surface area contributed by atoms with Crippen molar-refractivity contribution < 1.29 is 9.11 Å². The van der Waals surface area contributed by atoms with Gasteiger partial charge in [0.05, 0.1) is 20.9 Å². The van der Waals surface area contributed by atoms with Gasteiger partial charge >= 0.3 is 0 Å². The molecular formula is C19H25N5O2S2. The Morgan fingerprint density at radius 2 is 2.11 bits per heavy atom. The van der Waals surface area contributed by atoms with E-state index in [0.29, 0.717) is 30.5 Å². The number of thiophene rings is 1. The van der Waals surface area contributed by atoms with Crippen LogP contribution in [0.2, 0.25) is 0 Å². The maximum atomic E-state index is 10.6. The van der Waals surface area contributed by atoms with Crippen LogP contribution in [0.15, 0.2) is 35.2 Å². The Hall–Kier alpha value is -1.91. The lowest BCUT2D eigenvalue weighted by atomic mass is 10.2. The quantitative estimate of drug-likeness (QED) is 0.465. The molecule has 5 N–H and O–H groups in total. The highest BCUT2D eigenvalue weighted by molar-refractivity contribution is 8.24. The van der Waals surface area contributed by atoms with Crippen LogP contribution < -0.4 is 16.0 Å². The average molecular weight is 420 g/mol. The minimum Gasteiger partial charge on any atom is -0.369 e. The molecule has 3 heterocycles. The zero-order chi connectivity index (χ0) is 19.7. The van der Waals surface area contributed by atoms with Gasteiger partial charge in [0, 0.05) is 24.5 Å². The van der Waals surface area contributed by atoms with Gasteiger partial charge < -0.3 is 16.0 Å². The van der Waals surface area contributed by atoms with Crippen LogP contribution >= 0.6 is 21.9 Å². The Morgan fingerprint density at radius 3 is 2.93 bits per heavy atom. The molecule has 0 amide bonds. The summed E-state index contributed by atoms with van der Waals surface area (Å²) in [4.78, 5) is 13.4. The maximum absolute atomic E-state index is 10.6. The first-order valence-electron chi connectivity index (χ1n) is 9.29. The number of benzene rings is 1. The van der Waals surface area contributed by atoms with Crippen molar-refractivity contribution in [2.45, 2.75) is 24.8 Å². The van der Waals surface area contributed by atoms with Gasteiger partial charge in [0.1, 0.15) is 5.82 Å². The number of rotatable bonds is 5. The third-order valence-electron chi connectivity index (χ3n) is 4.77. The highest BCUT2D eigenvalue weighted by atomic mass is 32.3. The molecule has 150 valence electrons. The molecule has 3 aromatic rings. The number of aryl methyl sites for hydroxylation is 1. The minimum atomic E-state index is -2.81. The van der Waals surface area contributed by atoms with Gasteiger partial charge in [0.15, 0.2) is 0 Å². The molecule has 0 saturated heterocycles. The second-order valence-electron chi connectivity index (χ2n) is 6.91. The zero-order valence-corrected chi connectivity index (χ0v) is 17.4. The Kier molecular flexibility index (Phi) is 5.44. The highest BCUT2D eigenvalue weighted by Gasteiger charge is 2.27. The first kappa shape index (κ1) is 19.4. The Morgan fingerprint density at radius 1 is 1.29 bits per heavy atom. The van der Waals surface area contributed by atoms with Gasteiger partial charge in [-0.2, -0.15) is 15.6 Å². The van der Waals surface area contributed by atoms with E-state index in [-0.39, 0.29) is 5.75 Å². The molecule has 9 heteroatoms. The molecule has 0 radical (unpaired) electrons. The Labute approximate surface area is 170 Å². The van der Waals surface area contributed by atoms with Crippen LogP contribution in [0.1, 0.15) is 16.9 Å². The van der Waals surface area contributed by atoms with E-state index < -0.39 is 10.6 Å². The summed E-state index contributed by atoms with van der Waals surface area (Å²) in [5.74, 6) is 1.69. The molecule has 0 atom stereocenters. The van der Waals surface area contributed by atoms with Crippen LogP contribution in [-0.2, 0) is 6.54 Å². The van der Waals surface area contributed by atoms with E-state index in [1.165, 1.54) is 4.88 Å². The lowest BCUT2D eigenvalue weighted by molar-refractivity contribution is 0.488. The van der Waals surface area contributed by atoms with Crippen molar-refractivity contribution >= 4 is 43.9 Å². The summed E-state index contributed by atoms with van der Waals surface area (Å²) >= 11 is 1.67. The second kappa shape index (κ2) is 7.84. The summed E-state index contributed by atoms with van der Waals surface area (Å²) < 4.78 is 22.2. The number of nitrogens with zero attached hydrogens (tertiary/aromatic N) is 3. The monoisotopic (exact) mass is 419 g/mol. The number of fused-ring (bicyclic) bond motifs is 2. The first-order chi connectivity index (χ1) is 13.5. The van der Waals surface area contributed by atoms with Gasteiger partial charge in [0.25, 0.3) is 0 Å². The van der Waals surface area contributed by atoms with Crippen LogP contribution in [0.5, 0.6) is 0 Å². The number of hydrogen-bond acceptors (Lipinski definition) is 8. The molecular weight excluding hydrogens is 394 g/mol. The third kappa shape index (κ3) is 3.81. The van der Waals surface area contributed by atoms with Crippen molar-refractivity contribution in [1.29, 1.82) is 0 Å². The standard InChI is InChI=1S/C19H25N5O2S2/c1-13-11-15-17(27-13)18(21-8-4-7-20)23-19(22-15)24-9-10-28(25,26)16-6-3-2-5-14(16)12-24/h2-3,5-6,11,25-26H,4,7-10,12,20H2,1H3,(H,21,22,23). The van der Waals surface area contributed by atoms with Crippen LogP contribution in [0, 0.1) is 6.92 Å². The van der Waals surface area contributed by atoms with Gasteiger partial charge in [-0.1, -0.05) is 18.2 Å². The fourth-order valence-corrected chi connectivity index (χ4v) is 5.82. The molecule has 0 bridgehead atoms. The van der Waals surface area contributed by atoms with E-state index in [4.69, 9.17) is 15.7 Å². The number of nitrogens with one attached hydrogen (secondary N) is 1. The predicted octanol–water partition coefficient (Wildman–Crippen LogP) is 3.89. The molecule has 0 unspecified atom stereocenters. The molecule has 7 nitrogen and oxygen atoms in total. The SMILES string of the molecule is Cc1cc2nc(N3CCS(O)(O)c4ccccc4C3)nc(NCCCN)c2s1. The zero-order valence-electron chi connectivity index (χ0n) is 15.8. The van der Waals surface area contributed by atoms with Crippen LogP contribution in [0.4, 0.5) is 11.8 Å². The van der Waals surface area contributed by atoms with Crippen molar-refractivity contribution in [3.63, 3.8) is 0 Å². The summed E-state index contributed by atoms with van der Waals surface area (Å²) in [6.45, 7) is 4.46. The summed E-state index contributed by atoms with van der Waals surface area (Å²) in [6, 6.07) is 9.58. The minimum absolute atomic E-state index is 0.268. The number of hydrogen-bond donors (Lipinski definition) is 4. The van der Waals surface area contributed by atoms with Gasteiger partial charge in [-0.05, 0) is 37.6 Å². The van der Waals surface area contributed by atoms with E-state index in [9.17, 15) is 9.11 Å². The van der Waals surface area contributed by atoms with Gasteiger partial charge in [-0.15, -0.1) is 11.3 Å². The molecule has 4 rings (SSSR count). The highest BCUT2D eigenvalue weighted by Crippen LogP contribution is 2.51. The van der Waals surface area contributed by atoms with Crippen molar-refractivity contribution in [1.82, 2.24) is 9.97 Å². The third-order valence-corrected chi connectivity index (χ3v) is 7.67. The molecule has 0 aliphatic carbocycles. The van der Waals surface area contributed by atoms with Gasteiger partial charge in [-0.25, -0.2) is 4.98 Å². The molecule has 2 aromatic heterocycles. The molecule has 0 saturated carbocycles. The van der Waals surface area contributed by atoms with Crippen molar-refractivity contribution in [2.24, 2.45) is 5.73 Å². The molecule has 0 spiro atoms. The van der Waals surface area contributed by atoms with Crippen molar-refractivity contribution in [3.8, 4) is 0 Å². The summed E-state index contributed by atoms with van der Waals surface area (Å²) in [7, 11) is -2.81. The first-order valence-corrected chi connectivity index (χ1v) is 11.8. The molecule has 1 aliphatic rings. The predicted molar refractivity (Wildman–Crippen MR) is 118 cm³/mol. The van der Waals surface area contributed by atoms with Crippen LogP contribution in [-0.4, -0.2) is 44.5 Å². The summed E-state index contributed by atoms with van der Waals surface area (Å²) in [5.41, 5.74) is 7.44. The molecule has 1 aromatic carbocycles. The largest absolute Gasteiger partial charge is 0.369 e. The maximum Gasteiger partial charge on any atom is 0.228 e. The number of anilines is 2. The van der Waals surface area contributed by atoms with Crippen molar-refractivity contribution in [3.05, 3.63) is 40.8 Å². The topological polar surface area (TPSA) is 108 Å². The fraction of sp³-hybridized carbons (Fsp3) is 0.368. The Balaban J connectivity index is 1.72. The average Bonchev–Trinajstić information content (AvgIpc) is 2.99. The second-order valence-corrected chi connectivity index (χ2v) is 10.4. The van der Waals surface area contributed by atoms with E-state index in [0.717, 1.165) is 34.6 Å². The van der Waals surface area contributed by atoms with E-state index in [1.54, 1.807) is 17.4 Å². The lowest BCUT2D eigenvalue weighted by Crippen LogP contribution is -2.27. The Bertz CT molecular complexity index is 992. The van der Waals surface area contributed by atoms with Crippen molar-refractivity contribution in [2.75, 3.05) is 35.6 Å². The fourth-order valence-electron chi connectivity index (χ4n) is 3.36. The van der Waals surface area contributed by atoms with E-state index in [2.05, 4.69) is 18.3 Å². The normalized spacial score (nSPS) is 17.2.